The van der Waals surface area contributed by atoms with E-state index in [9.17, 15) is 13.2 Å². The van der Waals surface area contributed by atoms with Crippen molar-refractivity contribution in [3.8, 4) is 0 Å². The van der Waals surface area contributed by atoms with Gasteiger partial charge >= 0.3 is 6.18 Å². The molecule has 0 amide bonds. The maximum atomic E-state index is 12.1. The van der Waals surface area contributed by atoms with E-state index in [1.165, 1.54) is 13.0 Å². The van der Waals surface area contributed by atoms with E-state index in [0.717, 1.165) is 0 Å². The molecule has 3 heteroatoms. The first-order valence-corrected chi connectivity index (χ1v) is 3.42. The van der Waals surface area contributed by atoms with E-state index in [1.54, 1.807) is 12.2 Å². The Kier molecular flexibility index (Phi) is 2.07. The van der Waals surface area contributed by atoms with Crippen LogP contribution in [0.15, 0.2) is 23.8 Å². The molecular formula is C8H9F3. The summed E-state index contributed by atoms with van der Waals surface area (Å²) in [5, 5.41) is 0. The highest BCUT2D eigenvalue weighted by atomic mass is 19.4. The van der Waals surface area contributed by atoms with Crippen molar-refractivity contribution >= 4 is 0 Å². The summed E-state index contributed by atoms with van der Waals surface area (Å²) in [6.45, 7) is 1.52. The predicted molar refractivity (Wildman–Crippen MR) is 37.1 cm³/mol. The van der Waals surface area contributed by atoms with Gasteiger partial charge in [0.25, 0.3) is 0 Å². The minimum absolute atomic E-state index is 0.0891. The third-order valence-electron chi connectivity index (χ3n) is 1.81. The van der Waals surface area contributed by atoms with Crippen molar-refractivity contribution in [2.75, 3.05) is 0 Å². The maximum absolute atomic E-state index is 12.1. The Labute approximate surface area is 63.4 Å². The van der Waals surface area contributed by atoms with Crippen molar-refractivity contribution in [3.05, 3.63) is 23.8 Å². The van der Waals surface area contributed by atoms with Gasteiger partial charge in [-0.1, -0.05) is 23.8 Å². The fourth-order valence-electron chi connectivity index (χ4n) is 1.13. The second kappa shape index (κ2) is 2.72. The topological polar surface area (TPSA) is 0 Å². The molecule has 0 heterocycles. The number of allylic oxidation sites excluding steroid dienone is 4. The van der Waals surface area contributed by atoms with E-state index in [1.807, 2.05) is 0 Å². The summed E-state index contributed by atoms with van der Waals surface area (Å²) in [5.41, 5.74) is 0.403. The summed E-state index contributed by atoms with van der Waals surface area (Å²) in [4.78, 5) is 0. The third kappa shape index (κ3) is 1.85. The molecule has 1 aliphatic rings. The van der Waals surface area contributed by atoms with Crippen LogP contribution in [0.5, 0.6) is 0 Å². The zero-order valence-corrected chi connectivity index (χ0v) is 6.15. The summed E-state index contributed by atoms with van der Waals surface area (Å²) in [5.74, 6) is -1.26. The second-order valence-corrected chi connectivity index (χ2v) is 2.67. The molecule has 62 valence electrons. The van der Waals surface area contributed by atoms with Crippen molar-refractivity contribution in [1.82, 2.24) is 0 Å². The Morgan fingerprint density at radius 3 is 2.45 bits per heavy atom. The molecule has 1 atom stereocenters. The Balaban J connectivity index is 2.76. The highest BCUT2D eigenvalue weighted by Crippen LogP contribution is 2.35. The molecule has 0 saturated heterocycles. The molecule has 1 aliphatic carbocycles. The lowest BCUT2D eigenvalue weighted by molar-refractivity contribution is -0.163. The van der Waals surface area contributed by atoms with Crippen LogP contribution in [-0.4, -0.2) is 6.18 Å². The van der Waals surface area contributed by atoms with Crippen LogP contribution in [0.3, 0.4) is 0 Å². The molecule has 0 saturated carbocycles. The molecule has 1 rings (SSSR count). The van der Waals surface area contributed by atoms with Gasteiger partial charge in [-0.25, -0.2) is 0 Å². The Morgan fingerprint density at radius 1 is 1.45 bits per heavy atom. The Hall–Kier alpha value is -0.730. The van der Waals surface area contributed by atoms with E-state index in [4.69, 9.17) is 0 Å². The van der Waals surface area contributed by atoms with E-state index < -0.39 is 12.1 Å². The van der Waals surface area contributed by atoms with E-state index in [2.05, 4.69) is 0 Å². The lowest BCUT2D eigenvalue weighted by Gasteiger charge is -2.21. The van der Waals surface area contributed by atoms with Gasteiger partial charge in [0.2, 0.25) is 0 Å². The smallest absolute Gasteiger partial charge is 0.170 e. The standard InChI is InChI=1S/C8H9F3/c1-6-4-2-3-5-7(6)8(9,10)11/h2-4,7H,5H2,1H3/t7-/m1/s1. The fraction of sp³-hybridized carbons (Fsp3) is 0.500. The largest absolute Gasteiger partial charge is 0.395 e. The lowest BCUT2D eigenvalue weighted by atomic mass is 9.92. The SMILES string of the molecule is CC1=CC=CC[C@H]1C(F)(F)F. The average molecular weight is 162 g/mol. The van der Waals surface area contributed by atoms with Crippen LogP contribution in [0.2, 0.25) is 0 Å². The molecule has 0 radical (unpaired) electrons. The van der Waals surface area contributed by atoms with E-state index in [0.29, 0.717) is 5.57 Å². The van der Waals surface area contributed by atoms with E-state index >= 15 is 0 Å². The van der Waals surface area contributed by atoms with Crippen LogP contribution in [0.1, 0.15) is 13.3 Å². The van der Waals surface area contributed by atoms with Gasteiger partial charge in [0.05, 0.1) is 5.92 Å². The predicted octanol–water partition coefficient (Wildman–Crippen LogP) is 3.07. The number of hydrogen-bond acceptors (Lipinski definition) is 0. The second-order valence-electron chi connectivity index (χ2n) is 2.67. The van der Waals surface area contributed by atoms with Crippen molar-refractivity contribution < 1.29 is 13.2 Å². The molecule has 0 fully saturated rings. The normalized spacial score (nSPS) is 25.1. The molecule has 0 bridgehead atoms. The molecule has 0 nitrogen and oxygen atoms in total. The quantitative estimate of drug-likeness (QED) is 0.513. The minimum atomic E-state index is -4.08. The first-order valence-electron chi connectivity index (χ1n) is 3.42. The van der Waals surface area contributed by atoms with Crippen LogP contribution >= 0.6 is 0 Å². The maximum Gasteiger partial charge on any atom is 0.395 e. The zero-order chi connectivity index (χ0) is 8.48. The van der Waals surface area contributed by atoms with Gasteiger partial charge in [-0.3, -0.25) is 0 Å². The van der Waals surface area contributed by atoms with Crippen molar-refractivity contribution in [3.63, 3.8) is 0 Å². The molecule has 0 spiro atoms. The van der Waals surface area contributed by atoms with E-state index in [-0.39, 0.29) is 6.42 Å². The fourth-order valence-corrected chi connectivity index (χ4v) is 1.13. The summed E-state index contributed by atoms with van der Waals surface area (Å²) >= 11 is 0. The van der Waals surface area contributed by atoms with Crippen molar-refractivity contribution in [2.24, 2.45) is 5.92 Å². The van der Waals surface area contributed by atoms with Gasteiger partial charge in [-0.15, -0.1) is 0 Å². The molecule has 0 aromatic rings. The van der Waals surface area contributed by atoms with Crippen molar-refractivity contribution in [2.45, 2.75) is 19.5 Å². The molecular weight excluding hydrogens is 153 g/mol. The molecule has 11 heavy (non-hydrogen) atoms. The lowest BCUT2D eigenvalue weighted by Crippen LogP contribution is -2.24. The molecule has 0 N–H and O–H groups in total. The van der Waals surface area contributed by atoms with Gasteiger partial charge in [0.15, 0.2) is 0 Å². The number of hydrogen-bond donors (Lipinski definition) is 0. The van der Waals surface area contributed by atoms with Crippen LogP contribution in [0.4, 0.5) is 13.2 Å². The Morgan fingerprint density at radius 2 is 2.09 bits per heavy atom. The van der Waals surface area contributed by atoms with Gasteiger partial charge < -0.3 is 0 Å². The summed E-state index contributed by atoms with van der Waals surface area (Å²) in [6, 6.07) is 0. The minimum Gasteiger partial charge on any atom is -0.170 e. The van der Waals surface area contributed by atoms with Crippen LogP contribution < -0.4 is 0 Å². The molecule has 0 aliphatic heterocycles. The van der Waals surface area contributed by atoms with Crippen LogP contribution in [0, 0.1) is 5.92 Å². The van der Waals surface area contributed by atoms with Gasteiger partial charge in [-0.05, 0) is 13.3 Å². The first kappa shape index (κ1) is 8.37. The number of rotatable bonds is 0. The molecule has 0 aromatic carbocycles. The highest BCUT2D eigenvalue weighted by Gasteiger charge is 2.39. The van der Waals surface area contributed by atoms with Gasteiger partial charge in [0, 0.05) is 0 Å². The van der Waals surface area contributed by atoms with Crippen LogP contribution in [0.25, 0.3) is 0 Å². The highest BCUT2D eigenvalue weighted by molar-refractivity contribution is 5.20. The number of alkyl halides is 3. The van der Waals surface area contributed by atoms with Crippen molar-refractivity contribution in [1.29, 1.82) is 0 Å². The zero-order valence-electron chi connectivity index (χ0n) is 6.15. The monoisotopic (exact) mass is 162 g/mol. The third-order valence-corrected chi connectivity index (χ3v) is 1.81. The molecule has 0 aromatic heterocycles. The van der Waals surface area contributed by atoms with Crippen LogP contribution in [-0.2, 0) is 0 Å². The van der Waals surface area contributed by atoms with Gasteiger partial charge in [0.1, 0.15) is 0 Å². The average Bonchev–Trinajstić information content (AvgIpc) is 1.86. The first-order chi connectivity index (χ1) is 5.02. The summed E-state index contributed by atoms with van der Waals surface area (Å²) in [6.07, 6.45) is 0.738. The molecule has 0 unspecified atom stereocenters. The summed E-state index contributed by atoms with van der Waals surface area (Å²) < 4.78 is 36.4. The van der Waals surface area contributed by atoms with Gasteiger partial charge in [-0.2, -0.15) is 13.2 Å². The summed E-state index contributed by atoms with van der Waals surface area (Å²) in [7, 11) is 0. The number of halogens is 3. The Bertz CT molecular complexity index is 198.